The molecule has 4 nitrogen and oxygen atoms in total. The maximum absolute atomic E-state index is 11.2. The van der Waals surface area contributed by atoms with Crippen LogP contribution in [-0.4, -0.2) is 57.1 Å². The summed E-state index contributed by atoms with van der Waals surface area (Å²) in [5.41, 5.74) is 0. The zero-order valence-corrected chi connectivity index (χ0v) is 11.2. The second kappa shape index (κ2) is 7.19. The predicted octanol–water partition coefficient (Wildman–Crippen LogP) is 1.000. The molecule has 0 unspecified atom stereocenters. The van der Waals surface area contributed by atoms with E-state index in [0.717, 1.165) is 32.5 Å². The molecular weight excluding hydrogens is 212 g/mol. The summed E-state index contributed by atoms with van der Waals surface area (Å²) in [4.78, 5) is 2.31. The normalized spacial score (nSPS) is 12.7. The van der Waals surface area contributed by atoms with Crippen molar-refractivity contribution in [2.45, 2.75) is 26.7 Å². The van der Waals surface area contributed by atoms with Crippen molar-refractivity contribution < 1.29 is 8.42 Å². The molecule has 0 saturated carbocycles. The van der Waals surface area contributed by atoms with E-state index >= 15 is 0 Å². The lowest BCUT2D eigenvalue weighted by Crippen LogP contribution is -2.36. The Bertz CT molecular complexity index is 246. The lowest BCUT2D eigenvalue weighted by atomic mass is 10.3. The van der Waals surface area contributed by atoms with Crippen molar-refractivity contribution >= 4 is 10.0 Å². The fourth-order valence-corrected chi connectivity index (χ4v) is 1.83. The second-order valence-corrected chi connectivity index (χ2v) is 6.02. The SMILES string of the molecule is CCCN(CCC)CCN(C)S(C)(=O)=O. The number of rotatable bonds is 8. The smallest absolute Gasteiger partial charge is 0.210 e. The highest BCUT2D eigenvalue weighted by molar-refractivity contribution is 7.88. The van der Waals surface area contributed by atoms with Gasteiger partial charge in [-0.15, -0.1) is 0 Å². The maximum atomic E-state index is 11.2. The molecule has 0 aliphatic carbocycles. The first kappa shape index (κ1) is 14.9. The topological polar surface area (TPSA) is 40.6 Å². The number of hydrogen-bond donors (Lipinski definition) is 0. The van der Waals surface area contributed by atoms with Crippen molar-refractivity contribution in [3.8, 4) is 0 Å². The van der Waals surface area contributed by atoms with Crippen molar-refractivity contribution in [1.29, 1.82) is 0 Å². The Morgan fingerprint density at radius 3 is 1.73 bits per heavy atom. The van der Waals surface area contributed by atoms with Crippen LogP contribution in [0.2, 0.25) is 0 Å². The van der Waals surface area contributed by atoms with Crippen LogP contribution in [0.5, 0.6) is 0 Å². The van der Waals surface area contributed by atoms with Gasteiger partial charge in [-0.1, -0.05) is 13.8 Å². The molecule has 0 heterocycles. The van der Waals surface area contributed by atoms with Gasteiger partial charge in [0.1, 0.15) is 0 Å². The van der Waals surface area contributed by atoms with Crippen LogP contribution in [0.15, 0.2) is 0 Å². The molecule has 0 aromatic carbocycles. The third-order valence-corrected chi connectivity index (χ3v) is 3.69. The molecule has 0 spiro atoms. The molecule has 0 rings (SSSR count). The van der Waals surface area contributed by atoms with Gasteiger partial charge in [-0.2, -0.15) is 0 Å². The van der Waals surface area contributed by atoms with Gasteiger partial charge in [0, 0.05) is 20.1 Å². The number of nitrogens with zero attached hydrogens (tertiary/aromatic N) is 2. The first-order valence-electron chi connectivity index (χ1n) is 5.55. The van der Waals surface area contributed by atoms with Crippen molar-refractivity contribution in [1.82, 2.24) is 9.21 Å². The Kier molecular flexibility index (Phi) is 7.13. The van der Waals surface area contributed by atoms with E-state index in [9.17, 15) is 8.42 Å². The standard InChI is InChI=1S/C10H24N2O2S/c1-5-7-12(8-6-2)10-9-11(3)15(4,13)14/h5-10H2,1-4H3. The minimum atomic E-state index is -3.02. The molecule has 0 fully saturated rings. The van der Waals surface area contributed by atoms with E-state index in [-0.39, 0.29) is 0 Å². The van der Waals surface area contributed by atoms with E-state index < -0.39 is 10.0 Å². The van der Waals surface area contributed by atoms with Crippen molar-refractivity contribution in [3.63, 3.8) is 0 Å². The molecule has 0 aromatic heterocycles. The zero-order chi connectivity index (χ0) is 11.9. The van der Waals surface area contributed by atoms with Crippen LogP contribution in [-0.2, 0) is 10.0 Å². The molecular formula is C10H24N2O2S. The van der Waals surface area contributed by atoms with Crippen molar-refractivity contribution in [2.24, 2.45) is 0 Å². The largest absolute Gasteiger partial charge is 0.302 e. The highest BCUT2D eigenvalue weighted by Gasteiger charge is 2.11. The monoisotopic (exact) mass is 236 g/mol. The quantitative estimate of drug-likeness (QED) is 0.631. The fourth-order valence-electron chi connectivity index (χ4n) is 1.42. The van der Waals surface area contributed by atoms with E-state index in [1.807, 2.05) is 0 Å². The van der Waals surface area contributed by atoms with Gasteiger partial charge in [0.05, 0.1) is 6.26 Å². The van der Waals surface area contributed by atoms with Crippen molar-refractivity contribution in [2.75, 3.05) is 39.5 Å². The second-order valence-electron chi connectivity index (χ2n) is 3.93. The van der Waals surface area contributed by atoms with Gasteiger partial charge in [0.2, 0.25) is 10.0 Å². The minimum Gasteiger partial charge on any atom is -0.302 e. The molecule has 15 heavy (non-hydrogen) atoms. The first-order valence-corrected chi connectivity index (χ1v) is 7.40. The Morgan fingerprint density at radius 2 is 1.40 bits per heavy atom. The van der Waals surface area contributed by atoms with Crippen LogP contribution >= 0.6 is 0 Å². The van der Waals surface area contributed by atoms with Gasteiger partial charge in [-0.3, -0.25) is 0 Å². The summed E-state index contributed by atoms with van der Waals surface area (Å²) in [6.45, 7) is 7.78. The first-order chi connectivity index (χ1) is 6.91. The van der Waals surface area contributed by atoms with Gasteiger partial charge in [-0.25, -0.2) is 12.7 Å². The van der Waals surface area contributed by atoms with Gasteiger partial charge >= 0.3 is 0 Å². The molecule has 0 N–H and O–H groups in total. The zero-order valence-electron chi connectivity index (χ0n) is 10.4. The fraction of sp³-hybridized carbons (Fsp3) is 1.00. The average Bonchev–Trinajstić information content (AvgIpc) is 2.12. The molecule has 5 heteroatoms. The summed E-state index contributed by atoms with van der Waals surface area (Å²) >= 11 is 0. The van der Waals surface area contributed by atoms with Crippen molar-refractivity contribution in [3.05, 3.63) is 0 Å². The minimum absolute atomic E-state index is 0.582. The van der Waals surface area contributed by atoms with E-state index in [1.54, 1.807) is 7.05 Å². The molecule has 92 valence electrons. The van der Waals surface area contributed by atoms with Crippen LogP contribution in [0, 0.1) is 0 Å². The number of likely N-dealkylation sites (N-methyl/N-ethyl adjacent to an activating group) is 1. The maximum Gasteiger partial charge on any atom is 0.210 e. The summed E-state index contributed by atoms with van der Waals surface area (Å²) in [5, 5.41) is 0. The van der Waals surface area contributed by atoms with Gasteiger partial charge in [0.25, 0.3) is 0 Å². The van der Waals surface area contributed by atoms with E-state index in [0.29, 0.717) is 6.54 Å². The van der Waals surface area contributed by atoms with Gasteiger partial charge < -0.3 is 4.90 Å². The van der Waals surface area contributed by atoms with E-state index in [2.05, 4.69) is 18.7 Å². The Labute approximate surface area is 94.3 Å². The van der Waals surface area contributed by atoms with Crippen LogP contribution < -0.4 is 0 Å². The lowest BCUT2D eigenvalue weighted by molar-refractivity contribution is 0.258. The Morgan fingerprint density at radius 1 is 0.933 bits per heavy atom. The summed E-state index contributed by atoms with van der Waals surface area (Å²) in [7, 11) is -1.39. The summed E-state index contributed by atoms with van der Waals surface area (Å²) in [5.74, 6) is 0. The molecule has 0 aliphatic rings. The third kappa shape index (κ3) is 6.87. The lowest BCUT2D eigenvalue weighted by Gasteiger charge is -2.23. The number of hydrogen-bond acceptors (Lipinski definition) is 3. The summed E-state index contributed by atoms with van der Waals surface area (Å²) in [6, 6.07) is 0. The van der Waals surface area contributed by atoms with Crippen LogP contribution in [0.3, 0.4) is 0 Å². The highest BCUT2D eigenvalue weighted by atomic mass is 32.2. The summed E-state index contributed by atoms with van der Waals surface area (Å²) < 4.78 is 23.7. The Hall–Kier alpha value is -0.130. The van der Waals surface area contributed by atoms with Gasteiger partial charge in [0.15, 0.2) is 0 Å². The third-order valence-electron chi connectivity index (χ3n) is 2.38. The molecule has 0 saturated heterocycles. The van der Waals surface area contributed by atoms with Gasteiger partial charge in [-0.05, 0) is 25.9 Å². The summed E-state index contributed by atoms with van der Waals surface area (Å²) in [6.07, 6.45) is 3.47. The average molecular weight is 236 g/mol. The number of sulfonamides is 1. The molecule has 0 aliphatic heterocycles. The highest BCUT2D eigenvalue weighted by Crippen LogP contribution is 1.97. The van der Waals surface area contributed by atoms with Crippen LogP contribution in [0.4, 0.5) is 0 Å². The molecule has 0 aromatic rings. The molecule has 0 atom stereocenters. The molecule has 0 radical (unpaired) electrons. The van der Waals surface area contributed by atoms with E-state index in [1.165, 1.54) is 10.6 Å². The Balaban J connectivity index is 3.98. The van der Waals surface area contributed by atoms with Crippen LogP contribution in [0.1, 0.15) is 26.7 Å². The van der Waals surface area contributed by atoms with E-state index in [4.69, 9.17) is 0 Å². The molecule has 0 amide bonds. The molecule has 0 bridgehead atoms. The predicted molar refractivity (Wildman–Crippen MR) is 64.5 cm³/mol. The van der Waals surface area contributed by atoms with Crippen LogP contribution in [0.25, 0.3) is 0 Å².